The zero-order chi connectivity index (χ0) is 48.2. The highest BCUT2D eigenvalue weighted by atomic mass is 35.5. The van der Waals surface area contributed by atoms with Gasteiger partial charge < -0.3 is 26.0 Å². The zero-order valence-corrected chi connectivity index (χ0v) is 39.5. The fourth-order valence-electron chi connectivity index (χ4n) is 6.03. The zero-order valence-electron chi connectivity index (χ0n) is 35.7. The number of alkyl halides is 3. The van der Waals surface area contributed by atoms with Gasteiger partial charge in [-0.3, -0.25) is 28.8 Å². The Hall–Kier alpha value is -6.23. The maximum Gasteiger partial charge on any atom is 0.258 e. The minimum Gasteiger partial charge on any atom is -0.473 e. The van der Waals surface area contributed by atoms with Crippen LogP contribution in [0.3, 0.4) is 0 Å². The number of ether oxygens (including phenoxy) is 1. The average molecular weight is 995 g/mol. The summed E-state index contributed by atoms with van der Waals surface area (Å²) >= 11 is 31.4. The third kappa shape index (κ3) is 13.7. The van der Waals surface area contributed by atoms with Crippen LogP contribution in [0.2, 0.25) is 10.0 Å². The second kappa shape index (κ2) is 23.3. The molecule has 0 aliphatic rings. The van der Waals surface area contributed by atoms with E-state index in [0.29, 0.717) is 22.5 Å². The lowest BCUT2D eigenvalue weighted by Crippen LogP contribution is -2.32. The molecule has 0 aliphatic heterocycles. The number of benzene rings is 5. The van der Waals surface area contributed by atoms with Crippen molar-refractivity contribution >= 4 is 127 Å². The number of anilines is 4. The summed E-state index contributed by atoms with van der Waals surface area (Å²) in [5, 5.41) is 26.2. The molecule has 342 valence electrons. The second-order valence-corrected chi connectivity index (χ2v) is 17.2. The van der Waals surface area contributed by atoms with Crippen molar-refractivity contribution in [1.82, 2.24) is 0 Å². The number of nitrogens with zero attached hydrogens (tertiary/aromatic N) is 4. The highest BCUT2D eigenvalue weighted by molar-refractivity contribution is 6.33. The summed E-state index contributed by atoms with van der Waals surface area (Å²) in [6.07, 6.45) is 0. The van der Waals surface area contributed by atoms with Crippen molar-refractivity contribution in [2.24, 2.45) is 20.5 Å². The first kappa shape index (κ1) is 50.8. The summed E-state index contributed by atoms with van der Waals surface area (Å²) < 4.78 is 5.70. The molecule has 0 fully saturated rings. The summed E-state index contributed by atoms with van der Waals surface area (Å²) in [4.78, 5) is 78.7. The monoisotopic (exact) mass is 992 g/mol. The lowest BCUT2D eigenvalue weighted by molar-refractivity contribution is -0.127. The number of carbonyl (C=O) groups is 6. The molecule has 66 heavy (non-hydrogen) atoms. The van der Waals surface area contributed by atoms with Crippen LogP contribution in [0, 0.1) is 0 Å². The molecule has 4 amide bonds. The maximum atomic E-state index is 13.5. The first-order valence-electron chi connectivity index (χ1n) is 19.9. The van der Waals surface area contributed by atoms with E-state index in [1.807, 2.05) is 0 Å². The van der Waals surface area contributed by atoms with Gasteiger partial charge in [0.25, 0.3) is 23.6 Å². The summed E-state index contributed by atoms with van der Waals surface area (Å²) in [6.45, 7) is 7.32. The minimum atomic E-state index is -1.68. The van der Waals surface area contributed by atoms with Crippen molar-refractivity contribution in [3.8, 4) is 5.75 Å². The predicted octanol–water partition coefficient (Wildman–Crippen LogP) is 12.4. The highest BCUT2D eigenvalue weighted by Gasteiger charge is 2.27. The van der Waals surface area contributed by atoms with Crippen LogP contribution >= 0.6 is 58.0 Å². The normalized spacial score (nSPS) is 13.5. The molecule has 0 bridgehead atoms. The van der Waals surface area contributed by atoms with Crippen LogP contribution in [0.5, 0.6) is 5.75 Å². The Balaban J connectivity index is 1.30. The van der Waals surface area contributed by atoms with Gasteiger partial charge in [-0.2, -0.15) is 20.5 Å². The van der Waals surface area contributed by atoms with Crippen LogP contribution in [0.25, 0.3) is 0 Å². The van der Waals surface area contributed by atoms with Crippen molar-refractivity contribution in [3.63, 3.8) is 0 Å². The van der Waals surface area contributed by atoms with E-state index in [1.165, 1.54) is 61.5 Å². The molecule has 15 nitrogen and oxygen atoms in total. The SMILES string of the molecule is CC(=O)C(N=Nc1cc(C(=O)Nc2ccccc2C(C)Cl)ccc1Cl)C(=O)Nc1ccc(NC(=O)C(N=Nc2cc(C(=O)Nc3ccccc3C(C)Cl)ccc2Cl)C(C)=O)c(OC(C)Cl)c1. The average Bonchev–Trinajstić information content (AvgIpc) is 3.25. The van der Waals surface area contributed by atoms with Gasteiger partial charge >= 0.3 is 0 Å². The van der Waals surface area contributed by atoms with Crippen molar-refractivity contribution in [2.75, 3.05) is 21.3 Å². The quantitative estimate of drug-likeness (QED) is 0.0379. The molecule has 5 aromatic carbocycles. The number of ketones is 2. The molecule has 0 aromatic heterocycles. The molecule has 5 rings (SSSR count). The summed E-state index contributed by atoms with van der Waals surface area (Å²) in [5.74, 6) is -4.20. The van der Waals surface area contributed by atoms with Gasteiger partial charge in [0, 0.05) is 34.3 Å². The molecule has 0 aliphatic carbocycles. The number of para-hydroxylation sites is 2. The first-order valence-corrected chi connectivity index (χ1v) is 22.0. The molecule has 0 radical (unpaired) electrons. The van der Waals surface area contributed by atoms with Gasteiger partial charge in [0.2, 0.25) is 12.1 Å². The van der Waals surface area contributed by atoms with E-state index in [-0.39, 0.29) is 60.4 Å². The van der Waals surface area contributed by atoms with Gasteiger partial charge in [-0.1, -0.05) is 71.2 Å². The van der Waals surface area contributed by atoms with Crippen molar-refractivity contribution in [1.29, 1.82) is 0 Å². The van der Waals surface area contributed by atoms with Crippen LogP contribution in [0.15, 0.2) is 124 Å². The molecular formula is C46H41Cl5N8O7. The van der Waals surface area contributed by atoms with Crippen LogP contribution < -0.4 is 26.0 Å². The van der Waals surface area contributed by atoms with E-state index in [1.54, 1.807) is 62.4 Å². The van der Waals surface area contributed by atoms with E-state index >= 15 is 0 Å². The number of rotatable bonds is 18. The van der Waals surface area contributed by atoms with Gasteiger partial charge in [0.05, 0.1) is 26.5 Å². The number of carbonyl (C=O) groups excluding carboxylic acids is 6. The van der Waals surface area contributed by atoms with Crippen LogP contribution in [0.1, 0.15) is 77.2 Å². The minimum absolute atomic E-state index is 0.00455. The number of amides is 4. The molecule has 0 heterocycles. The van der Waals surface area contributed by atoms with Gasteiger partial charge in [-0.05, 0) is 106 Å². The molecule has 5 aromatic rings. The molecule has 0 saturated carbocycles. The number of nitrogens with one attached hydrogen (secondary N) is 4. The standard InChI is InChI=1S/C46H41Cl5N8O7/c1-23(47)31-10-6-8-12-35(31)53-43(62)28-14-17-33(50)38(20-28)56-58-41(25(3)60)45(64)52-30-16-19-37(40(22-30)66-27(5)49)55-46(65)42(26(4)61)59-57-39-21-29(15-18-34(39)51)44(63)54-36-13-9-7-11-32(36)24(2)48/h6-24,27,41-42H,1-5H3,(H,52,64)(H,53,62)(H,54,63)(H,55,65). The summed E-state index contributed by atoms with van der Waals surface area (Å²) in [6, 6.07) is 23.3. The molecule has 0 saturated heterocycles. The first-order chi connectivity index (χ1) is 31.3. The Morgan fingerprint density at radius 1 is 0.530 bits per heavy atom. The van der Waals surface area contributed by atoms with Gasteiger partial charge in [0.15, 0.2) is 17.1 Å². The largest absolute Gasteiger partial charge is 0.473 e. The Bertz CT molecular complexity index is 2730. The Morgan fingerprint density at radius 3 is 1.39 bits per heavy atom. The number of azo groups is 2. The molecule has 5 unspecified atom stereocenters. The Labute approximate surface area is 404 Å². The fourth-order valence-corrected chi connectivity index (χ4v) is 6.82. The fraction of sp³-hybridized carbons (Fsp3) is 0.217. The van der Waals surface area contributed by atoms with Crippen LogP contribution in [-0.4, -0.2) is 52.8 Å². The van der Waals surface area contributed by atoms with Crippen molar-refractivity contribution < 1.29 is 33.5 Å². The lowest BCUT2D eigenvalue weighted by Gasteiger charge is -2.17. The Morgan fingerprint density at radius 2 is 0.970 bits per heavy atom. The number of halogens is 5. The van der Waals surface area contributed by atoms with Gasteiger partial charge in [-0.15, -0.1) is 23.2 Å². The summed E-state index contributed by atoms with van der Waals surface area (Å²) in [7, 11) is 0. The smallest absolute Gasteiger partial charge is 0.258 e. The predicted molar refractivity (Wildman–Crippen MR) is 258 cm³/mol. The van der Waals surface area contributed by atoms with E-state index in [0.717, 1.165) is 13.8 Å². The molecule has 4 N–H and O–H groups in total. The number of hydrogen-bond donors (Lipinski definition) is 4. The topological polar surface area (TPSA) is 209 Å². The third-order valence-corrected chi connectivity index (χ3v) is 10.5. The molecule has 0 spiro atoms. The highest BCUT2D eigenvalue weighted by Crippen LogP contribution is 2.34. The van der Waals surface area contributed by atoms with E-state index < -0.39 is 52.8 Å². The molecule has 20 heteroatoms. The lowest BCUT2D eigenvalue weighted by atomic mass is 10.1. The van der Waals surface area contributed by atoms with Crippen LogP contribution in [0.4, 0.5) is 34.1 Å². The third-order valence-electron chi connectivity index (χ3n) is 9.32. The van der Waals surface area contributed by atoms with Crippen molar-refractivity contribution in [3.05, 3.63) is 135 Å². The van der Waals surface area contributed by atoms with Gasteiger partial charge in [-0.25, -0.2) is 0 Å². The van der Waals surface area contributed by atoms with E-state index in [4.69, 9.17) is 62.7 Å². The summed E-state index contributed by atoms with van der Waals surface area (Å²) in [5.41, 5.74) is 1.95. The van der Waals surface area contributed by atoms with Crippen molar-refractivity contribution in [2.45, 2.75) is 63.0 Å². The van der Waals surface area contributed by atoms with Crippen LogP contribution in [-0.2, 0) is 19.2 Å². The number of hydrogen-bond acceptors (Lipinski definition) is 11. The Kier molecular flexibility index (Phi) is 17.9. The molecular weight excluding hydrogens is 954 g/mol. The number of Topliss-reactive ketones (excluding diaryl/α,β-unsaturated/α-hetero) is 2. The van der Waals surface area contributed by atoms with Gasteiger partial charge in [0.1, 0.15) is 17.1 Å². The maximum absolute atomic E-state index is 13.5. The molecule has 5 atom stereocenters. The van der Waals surface area contributed by atoms with E-state index in [9.17, 15) is 28.8 Å². The second-order valence-electron chi connectivity index (χ2n) is 14.5. The van der Waals surface area contributed by atoms with E-state index in [2.05, 4.69) is 41.7 Å².